The zero-order valence-corrected chi connectivity index (χ0v) is 19.6. The van der Waals surface area contributed by atoms with Crippen molar-refractivity contribution in [1.82, 2.24) is 15.2 Å². The Morgan fingerprint density at radius 1 is 1.29 bits per heavy atom. The smallest absolute Gasteiger partial charge is 0.312 e. The molecule has 2 amide bonds. The molecule has 0 unspecified atom stereocenters. The molecule has 0 aliphatic carbocycles. The molecule has 1 fully saturated rings. The predicted molar refractivity (Wildman–Crippen MR) is 123 cm³/mol. The lowest BCUT2D eigenvalue weighted by atomic mass is 9.87. The molecular formula is C24H29N5O5. The van der Waals surface area contributed by atoms with E-state index in [1.807, 2.05) is 24.8 Å². The first-order valence-corrected chi connectivity index (χ1v) is 11.3. The van der Waals surface area contributed by atoms with Gasteiger partial charge in [-0.15, -0.1) is 0 Å². The van der Waals surface area contributed by atoms with Gasteiger partial charge < -0.3 is 29.4 Å². The minimum atomic E-state index is -0.735. The summed E-state index contributed by atoms with van der Waals surface area (Å²) in [4.78, 5) is 32.9. The number of nitrogens with zero attached hydrogens (tertiary/aromatic N) is 4. The van der Waals surface area contributed by atoms with E-state index >= 15 is 0 Å². The number of amides is 2. The third-order valence-corrected chi connectivity index (χ3v) is 6.09. The average Bonchev–Trinajstić information content (AvgIpc) is 3.35. The third-order valence-electron chi connectivity index (χ3n) is 6.09. The van der Waals surface area contributed by atoms with Gasteiger partial charge in [0.15, 0.2) is 5.76 Å². The van der Waals surface area contributed by atoms with Crippen LogP contribution in [-0.2, 0) is 27.4 Å². The molecule has 0 bridgehead atoms. The molecule has 1 atom stereocenters. The zero-order chi connectivity index (χ0) is 24.5. The van der Waals surface area contributed by atoms with E-state index in [1.165, 1.54) is 11.8 Å². The number of nitriles is 1. The van der Waals surface area contributed by atoms with Crippen LogP contribution in [0, 0.1) is 11.3 Å². The first-order valence-electron chi connectivity index (χ1n) is 11.3. The number of piperazine rings is 1. The van der Waals surface area contributed by atoms with Crippen LogP contribution in [0.4, 0.5) is 5.82 Å². The van der Waals surface area contributed by atoms with Gasteiger partial charge >= 0.3 is 11.8 Å². The van der Waals surface area contributed by atoms with Crippen molar-refractivity contribution in [3.63, 3.8) is 0 Å². The Bertz CT molecular complexity index is 1110. The second kappa shape index (κ2) is 9.44. The highest BCUT2D eigenvalue weighted by Crippen LogP contribution is 2.39. The monoisotopic (exact) mass is 467 g/mol. The van der Waals surface area contributed by atoms with E-state index in [1.54, 1.807) is 12.3 Å². The van der Waals surface area contributed by atoms with Gasteiger partial charge in [0.05, 0.1) is 30.1 Å². The number of aliphatic hydroxyl groups is 1. The van der Waals surface area contributed by atoms with Crippen molar-refractivity contribution in [2.75, 3.05) is 37.6 Å². The molecule has 0 spiro atoms. The van der Waals surface area contributed by atoms with Gasteiger partial charge in [0.2, 0.25) is 0 Å². The summed E-state index contributed by atoms with van der Waals surface area (Å²) in [6, 6.07) is 5.98. The molecule has 2 aromatic heterocycles. The molecule has 4 rings (SSSR count). The summed E-state index contributed by atoms with van der Waals surface area (Å²) >= 11 is 0. The van der Waals surface area contributed by atoms with Crippen LogP contribution in [0.3, 0.4) is 0 Å². The fraction of sp³-hybridized carbons (Fsp3) is 0.500. The normalized spacial score (nSPS) is 18.1. The van der Waals surface area contributed by atoms with Crippen LogP contribution in [0.2, 0.25) is 0 Å². The van der Waals surface area contributed by atoms with Crippen molar-refractivity contribution in [2.24, 2.45) is 0 Å². The van der Waals surface area contributed by atoms with Crippen molar-refractivity contribution >= 4 is 17.6 Å². The van der Waals surface area contributed by atoms with E-state index in [0.29, 0.717) is 62.0 Å². The second-order valence-electron chi connectivity index (χ2n) is 9.27. The fourth-order valence-corrected chi connectivity index (χ4v) is 4.30. The van der Waals surface area contributed by atoms with E-state index in [2.05, 4.69) is 11.4 Å². The molecular weight excluding hydrogens is 438 g/mol. The van der Waals surface area contributed by atoms with Crippen molar-refractivity contribution in [3.05, 3.63) is 35.1 Å². The van der Waals surface area contributed by atoms with Crippen LogP contribution in [0.5, 0.6) is 0 Å². The topological polar surface area (TPSA) is 132 Å². The Morgan fingerprint density at radius 2 is 2.03 bits per heavy atom. The van der Waals surface area contributed by atoms with Crippen molar-refractivity contribution in [3.8, 4) is 17.5 Å². The average molecular weight is 468 g/mol. The predicted octanol–water partition coefficient (Wildman–Crippen LogP) is 1.21. The highest BCUT2D eigenvalue weighted by atomic mass is 16.5. The Kier molecular flexibility index (Phi) is 6.59. The largest absolute Gasteiger partial charge is 0.463 e. The van der Waals surface area contributed by atoms with Gasteiger partial charge in [0.1, 0.15) is 17.6 Å². The van der Waals surface area contributed by atoms with Gasteiger partial charge in [0.25, 0.3) is 0 Å². The number of aromatic nitrogens is 1. The number of hydrogen-bond acceptors (Lipinski definition) is 8. The minimum absolute atomic E-state index is 0.0186. The highest BCUT2D eigenvalue weighted by Gasteiger charge is 2.35. The Labute approximate surface area is 198 Å². The molecule has 2 aliphatic rings. The summed E-state index contributed by atoms with van der Waals surface area (Å²) in [5.41, 5.74) is 2.52. The molecule has 2 aliphatic heterocycles. The lowest BCUT2D eigenvalue weighted by Crippen LogP contribution is -2.53. The fourth-order valence-electron chi connectivity index (χ4n) is 4.30. The van der Waals surface area contributed by atoms with E-state index in [0.717, 1.165) is 11.1 Å². The van der Waals surface area contributed by atoms with Gasteiger partial charge in [-0.05, 0) is 38.5 Å². The summed E-state index contributed by atoms with van der Waals surface area (Å²) in [5, 5.41) is 21.8. The number of rotatable bonds is 4. The van der Waals surface area contributed by atoms with Crippen LogP contribution in [0.15, 0.2) is 22.8 Å². The van der Waals surface area contributed by atoms with Gasteiger partial charge in [-0.2, -0.15) is 5.26 Å². The second-order valence-corrected chi connectivity index (χ2v) is 9.27. The van der Waals surface area contributed by atoms with E-state index in [-0.39, 0.29) is 6.54 Å². The summed E-state index contributed by atoms with van der Waals surface area (Å²) in [5.74, 6) is -0.208. The molecule has 10 heteroatoms. The number of nitrogens with one attached hydrogen (secondary N) is 1. The molecule has 10 nitrogen and oxygen atoms in total. The van der Waals surface area contributed by atoms with Crippen LogP contribution in [-0.4, -0.2) is 71.2 Å². The number of ether oxygens (including phenoxy) is 1. The first-order chi connectivity index (χ1) is 16.2. The van der Waals surface area contributed by atoms with Crippen molar-refractivity contribution < 1.29 is 23.8 Å². The van der Waals surface area contributed by atoms with Crippen LogP contribution >= 0.6 is 0 Å². The maximum absolute atomic E-state index is 12.5. The van der Waals surface area contributed by atoms with Crippen LogP contribution in [0.25, 0.3) is 11.5 Å². The van der Waals surface area contributed by atoms with Crippen molar-refractivity contribution in [2.45, 2.75) is 45.5 Å². The SMILES string of the molecule is C[C@@H](O)CNC(=O)C(=O)N1CCN(c2nc(-c3ccco3)c3c(c2C#N)CC(C)(C)OC3)CC1. The van der Waals surface area contributed by atoms with Gasteiger partial charge in [-0.3, -0.25) is 9.59 Å². The Hall–Kier alpha value is -3.42. The number of pyridine rings is 1. The third kappa shape index (κ3) is 4.76. The zero-order valence-electron chi connectivity index (χ0n) is 19.6. The van der Waals surface area contributed by atoms with E-state index in [4.69, 9.17) is 14.1 Å². The van der Waals surface area contributed by atoms with Gasteiger partial charge in [0, 0.05) is 44.7 Å². The number of aliphatic hydroxyl groups excluding tert-OH is 1. The number of furan rings is 1. The molecule has 4 heterocycles. The lowest BCUT2D eigenvalue weighted by molar-refractivity contribution is -0.146. The molecule has 180 valence electrons. The van der Waals surface area contributed by atoms with Gasteiger partial charge in [-0.25, -0.2) is 4.98 Å². The number of fused-ring (bicyclic) bond motifs is 1. The molecule has 2 N–H and O–H groups in total. The van der Waals surface area contributed by atoms with Gasteiger partial charge in [-0.1, -0.05) is 0 Å². The molecule has 0 radical (unpaired) electrons. The number of carbonyl (C=O) groups excluding carboxylic acids is 2. The Balaban J connectivity index is 1.60. The molecule has 0 aromatic carbocycles. The number of carbonyl (C=O) groups is 2. The summed E-state index contributed by atoms with van der Waals surface area (Å²) in [6.07, 6.45) is 1.42. The minimum Gasteiger partial charge on any atom is -0.463 e. The maximum Gasteiger partial charge on any atom is 0.312 e. The number of anilines is 1. The van der Waals surface area contributed by atoms with E-state index < -0.39 is 23.5 Å². The first kappa shape index (κ1) is 23.7. The molecule has 34 heavy (non-hydrogen) atoms. The lowest BCUT2D eigenvalue weighted by Gasteiger charge is -2.38. The molecule has 2 aromatic rings. The van der Waals surface area contributed by atoms with E-state index in [9.17, 15) is 20.0 Å². The quantitative estimate of drug-likeness (QED) is 0.642. The van der Waals surface area contributed by atoms with Crippen molar-refractivity contribution in [1.29, 1.82) is 5.26 Å². The number of hydrogen-bond donors (Lipinski definition) is 2. The summed E-state index contributed by atoms with van der Waals surface area (Å²) < 4.78 is 11.6. The highest BCUT2D eigenvalue weighted by molar-refractivity contribution is 6.35. The maximum atomic E-state index is 12.5. The Morgan fingerprint density at radius 3 is 2.65 bits per heavy atom. The molecule has 1 saturated heterocycles. The van der Waals surface area contributed by atoms with Crippen LogP contribution < -0.4 is 10.2 Å². The molecule has 0 saturated carbocycles. The standard InChI is InChI=1S/C24H29N5O5/c1-15(30)13-26-22(31)23(32)29-8-6-28(7-9-29)21-17(12-25)16-11-24(2,3)34-14-18(16)20(27-21)19-5-4-10-33-19/h4-5,10,15,30H,6-9,11,13-14H2,1-3H3,(H,26,31)/t15-/m1/s1. The summed E-state index contributed by atoms with van der Waals surface area (Å²) in [7, 11) is 0. The summed E-state index contributed by atoms with van der Waals surface area (Å²) in [6.45, 7) is 7.36. The van der Waals surface area contributed by atoms with Crippen LogP contribution in [0.1, 0.15) is 37.5 Å².